The quantitative estimate of drug-likeness (QED) is 0.446. The van der Waals surface area contributed by atoms with Gasteiger partial charge in [-0.3, -0.25) is 10.1 Å². The van der Waals surface area contributed by atoms with Gasteiger partial charge in [0.25, 0.3) is 5.69 Å². The lowest BCUT2D eigenvalue weighted by atomic mass is 10.3. The van der Waals surface area contributed by atoms with E-state index in [9.17, 15) is 18.5 Å². The Balaban J connectivity index is 2.99. The fourth-order valence-corrected chi connectivity index (χ4v) is 3.05. The van der Waals surface area contributed by atoms with Crippen molar-refractivity contribution in [3.63, 3.8) is 0 Å². The van der Waals surface area contributed by atoms with Crippen molar-refractivity contribution in [3.8, 4) is 0 Å². The number of nitrogens with one attached hydrogen (secondary N) is 1. The number of nitro groups is 1. The second-order valence-electron chi connectivity index (χ2n) is 4.76. The summed E-state index contributed by atoms with van der Waals surface area (Å²) in [5.74, 6) is 0. The zero-order chi connectivity index (χ0) is 15.5. The number of sulfonamides is 1. The number of nitrogens with zero attached hydrogens (tertiary/aromatic N) is 2. The summed E-state index contributed by atoms with van der Waals surface area (Å²) in [6, 6.07) is 3.04. The van der Waals surface area contributed by atoms with Crippen LogP contribution in [0.2, 0.25) is 0 Å². The van der Waals surface area contributed by atoms with E-state index in [1.54, 1.807) is 6.92 Å². The van der Waals surface area contributed by atoms with Crippen molar-refractivity contribution >= 4 is 21.4 Å². The maximum Gasteiger partial charge on any atom is 0.292 e. The average Bonchev–Trinajstić information content (AvgIpc) is 2.25. The number of benzene rings is 1. The third-order valence-electron chi connectivity index (χ3n) is 2.50. The van der Waals surface area contributed by atoms with Gasteiger partial charge in [0.15, 0.2) is 0 Å². The maximum absolute atomic E-state index is 12.1. The molecule has 3 N–H and O–H groups in total. The zero-order valence-corrected chi connectivity index (χ0v) is 12.3. The summed E-state index contributed by atoms with van der Waals surface area (Å²) in [4.78, 5) is 11.7. The third-order valence-corrected chi connectivity index (χ3v) is 4.09. The van der Waals surface area contributed by atoms with Crippen LogP contribution in [0.5, 0.6) is 0 Å². The van der Waals surface area contributed by atoms with Crippen LogP contribution in [0.25, 0.3) is 0 Å². The van der Waals surface area contributed by atoms with Gasteiger partial charge in [-0.2, -0.15) is 0 Å². The van der Waals surface area contributed by atoms with Gasteiger partial charge in [0.2, 0.25) is 10.0 Å². The van der Waals surface area contributed by atoms with Gasteiger partial charge in [0.05, 0.1) is 9.82 Å². The Kier molecular flexibility index (Phi) is 5.03. The molecule has 1 unspecified atom stereocenters. The molecule has 0 spiro atoms. The number of hydrogen-bond donors (Lipinski definition) is 2. The topological polar surface area (TPSA) is 119 Å². The normalized spacial score (nSPS) is 13.4. The summed E-state index contributed by atoms with van der Waals surface area (Å²) in [5.41, 5.74) is 4.99. The molecule has 0 fully saturated rings. The summed E-state index contributed by atoms with van der Waals surface area (Å²) in [5, 5.41) is 10.6. The van der Waals surface area contributed by atoms with Crippen LogP contribution in [0.4, 0.5) is 11.4 Å². The summed E-state index contributed by atoms with van der Waals surface area (Å²) >= 11 is 0. The van der Waals surface area contributed by atoms with Crippen molar-refractivity contribution in [1.29, 1.82) is 0 Å². The second kappa shape index (κ2) is 6.16. The first-order valence-electron chi connectivity index (χ1n) is 5.84. The SMILES string of the molecule is CC(CN(C)C)NS(=O)(=O)c1ccc([N+](=O)[O-])c(N)c1. The van der Waals surface area contributed by atoms with Crippen molar-refractivity contribution < 1.29 is 13.3 Å². The van der Waals surface area contributed by atoms with E-state index in [2.05, 4.69) is 4.72 Å². The minimum Gasteiger partial charge on any atom is -0.393 e. The lowest BCUT2D eigenvalue weighted by molar-refractivity contribution is -0.383. The molecule has 0 saturated carbocycles. The molecule has 8 nitrogen and oxygen atoms in total. The standard InChI is InChI=1S/C11H18N4O4S/c1-8(7-14(2)3)13-20(18,19)9-4-5-11(15(16)17)10(12)6-9/h4-6,8,13H,7,12H2,1-3H3. The van der Waals surface area contributed by atoms with Gasteiger partial charge in [-0.1, -0.05) is 0 Å². The predicted octanol–water partition coefficient (Wildman–Crippen LogP) is 0.405. The van der Waals surface area contributed by atoms with Gasteiger partial charge < -0.3 is 10.6 Å². The number of anilines is 1. The monoisotopic (exact) mass is 302 g/mol. The summed E-state index contributed by atoms with van der Waals surface area (Å²) in [7, 11) is -0.0933. The summed E-state index contributed by atoms with van der Waals surface area (Å²) in [6.45, 7) is 2.26. The van der Waals surface area contributed by atoms with E-state index >= 15 is 0 Å². The highest BCUT2D eigenvalue weighted by atomic mass is 32.2. The summed E-state index contributed by atoms with van der Waals surface area (Å²) < 4.78 is 26.7. The number of nitrogens with two attached hydrogens (primary N) is 1. The molecule has 1 rings (SSSR count). The Bertz CT molecular complexity index is 600. The smallest absolute Gasteiger partial charge is 0.292 e. The van der Waals surface area contributed by atoms with Gasteiger partial charge in [-0.15, -0.1) is 0 Å². The van der Waals surface area contributed by atoms with Crippen molar-refractivity contribution in [2.75, 3.05) is 26.4 Å². The Morgan fingerprint density at radius 1 is 1.45 bits per heavy atom. The van der Waals surface area contributed by atoms with Crippen molar-refractivity contribution in [3.05, 3.63) is 28.3 Å². The Morgan fingerprint density at radius 3 is 2.50 bits per heavy atom. The molecule has 0 radical (unpaired) electrons. The molecule has 0 aliphatic rings. The number of rotatable bonds is 6. The molecule has 20 heavy (non-hydrogen) atoms. The van der Waals surface area contributed by atoms with E-state index in [4.69, 9.17) is 5.73 Å². The third kappa shape index (κ3) is 4.15. The van der Waals surface area contributed by atoms with Gasteiger partial charge in [0.1, 0.15) is 5.69 Å². The molecular weight excluding hydrogens is 284 g/mol. The Labute approximate surface area is 117 Å². The van der Waals surface area contributed by atoms with E-state index in [0.717, 1.165) is 12.1 Å². The Morgan fingerprint density at radius 2 is 2.05 bits per heavy atom. The van der Waals surface area contributed by atoms with Crippen molar-refractivity contribution in [2.24, 2.45) is 0 Å². The van der Waals surface area contributed by atoms with Crippen molar-refractivity contribution in [1.82, 2.24) is 9.62 Å². The van der Waals surface area contributed by atoms with Crippen LogP contribution in [0.1, 0.15) is 6.92 Å². The minimum absolute atomic E-state index is 0.0915. The van der Waals surface area contributed by atoms with Crippen LogP contribution >= 0.6 is 0 Å². The van der Waals surface area contributed by atoms with E-state index in [-0.39, 0.29) is 22.3 Å². The average molecular weight is 302 g/mol. The minimum atomic E-state index is -3.75. The number of likely N-dealkylation sites (N-methyl/N-ethyl adjacent to an activating group) is 1. The van der Waals surface area contributed by atoms with Gasteiger partial charge in [0, 0.05) is 18.7 Å². The second-order valence-corrected chi connectivity index (χ2v) is 6.48. The largest absolute Gasteiger partial charge is 0.393 e. The lowest BCUT2D eigenvalue weighted by Crippen LogP contribution is -2.39. The van der Waals surface area contributed by atoms with Gasteiger partial charge in [-0.05, 0) is 33.2 Å². The molecular formula is C11H18N4O4S. The molecule has 0 aromatic heterocycles. The molecule has 0 aliphatic heterocycles. The maximum atomic E-state index is 12.1. The van der Waals surface area contributed by atoms with Crippen LogP contribution < -0.4 is 10.5 Å². The lowest BCUT2D eigenvalue weighted by Gasteiger charge is -2.18. The van der Waals surface area contributed by atoms with E-state index in [1.807, 2.05) is 19.0 Å². The van der Waals surface area contributed by atoms with Crippen molar-refractivity contribution in [2.45, 2.75) is 17.9 Å². The molecule has 0 saturated heterocycles. The molecule has 1 atom stereocenters. The predicted molar refractivity (Wildman–Crippen MR) is 75.8 cm³/mol. The molecule has 0 heterocycles. The van der Waals surface area contributed by atoms with Crippen LogP contribution in [-0.4, -0.2) is 44.9 Å². The number of nitro benzene ring substituents is 1. The first kappa shape index (κ1) is 16.3. The highest BCUT2D eigenvalue weighted by Gasteiger charge is 2.21. The van der Waals surface area contributed by atoms with Crippen LogP contribution in [0.15, 0.2) is 23.1 Å². The number of nitrogen functional groups attached to an aromatic ring is 1. The number of hydrogen-bond acceptors (Lipinski definition) is 6. The summed E-state index contributed by atoms with van der Waals surface area (Å²) in [6.07, 6.45) is 0. The highest BCUT2D eigenvalue weighted by molar-refractivity contribution is 7.89. The fourth-order valence-electron chi connectivity index (χ4n) is 1.78. The first-order chi connectivity index (χ1) is 9.13. The zero-order valence-electron chi connectivity index (χ0n) is 11.5. The van der Waals surface area contributed by atoms with E-state index < -0.39 is 14.9 Å². The molecule has 9 heteroatoms. The van der Waals surface area contributed by atoms with Crippen LogP contribution in [0.3, 0.4) is 0 Å². The van der Waals surface area contributed by atoms with Gasteiger partial charge in [-0.25, -0.2) is 13.1 Å². The fraction of sp³-hybridized carbons (Fsp3) is 0.455. The molecule has 1 aromatic carbocycles. The first-order valence-corrected chi connectivity index (χ1v) is 7.33. The molecule has 0 aliphatic carbocycles. The molecule has 112 valence electrons. The van der Waals surface area contributed by atoms with E-state index in [0.29, 0.717) is 6.54 Å². The van der Waals surface area contributed by atoms with Crippen LogP contribution in [0, 0.1) is 10.1 Å². The molecule has 0 amide bonds. The molecule has 0 bridgehead atoms. The van der Waals surface area contributed by atoms with E-state index in [1.165, 1.54) is 6.07 Å². The van der Waals surface area contributed by atoms with Crippen LogP contribution in [-0.2, 0) is 10.0 Å². The molecule has 1 aromatic rings. The highest BCUT2D eigenvalue weighted by Crippen LogP contribution is 2.24. The van der Waals surface area contributed by atoms with Gasteiger partial charge >= 0.3 is 0 Å². The Hall–Kier alpha value is -1.71.